The molecule has 1 N–H and O–H groups in total. The predicted octanol–water partition coefficient (Wildman–Crippen LogP) is 3.55. The van der Waals surface area contributed by atoms with Crippen LogP contribution in [0.4, 0.5) is 11.5 Å². The van der Waals surface area contributed by atoms with Crippen LogP contribution in [0.1, 0.15) is 11.3 Å². The van der Waals surface area contributed by atoms with Gasteiger partial charge in [-0.05, 0) is 31.2 Å². The molecule has 0 aliphatic rings. The third-order valence-electron chi connectivity index (χ3n) is 3.00. The van der Waals surface area contributed by atoms with Crippen LogP contribution >= 0.6 is 0 Å². The Labute approximate surface area is 116 Å². The van der Waals surface area contributed by atoms with Crippen LogP contribution in [-0.2, 0) is 0 Å². The molecule has 0 aliphatic carbocycles. The van der Waals surface area contributed by atoms with Crippen LogP contribution in [0, 0.1) is 18.3 Å². The fourth-order valence-electron chi connectivity index (χ4n) is 2.08. The van der Waals surface area contributed by atoms with E-state index in [4.69, 9.17) is 5.26 Å². The van der Waals surface area contributed by atoms with Gasteiger partial charge in [-0.2, -0.15) is 5.26 Å². The molecule has 0 atom stereocenters. The zero-order valence-electron chi connectivity index (χ0n) is 11.0. The Bertz CT molecular complexity index is 801. The Morgan fingerprint density at radius 3 is 2.75 bits per heavy atom. The maximum Gasteiger partial charge on any atom is 0.130 e. The number of hydrogen-bond acceptors (Lipinski definition) is 4. The number of hydrogen-bond donors (Lipinski definition) is 1. The molecule has 2 aromatic heterocycles. The third kappa shape index (κ3) is 2.29. The molecule has 0 spiro atoms. The van der Waals surface area contributed by atoms with Gasteiger partial charge in [0.05, 0.1) is 16.8 Å². The van der Waals surface area contributed by atoms with Gasteiger partial charge in [0.1, 0.15) is 11.9 Å². The lowest BCUT2D eigenvalue weighted by molar-refractivity contribution is 1.24. The molecule has 2 heterocycles. The highest BCUT2D eigenvalue weighted by Gasteiger charge is 2.04. The molecule has 3 aromatic rings. The van der Waals surface area contributed by atoms with E-state index in [0.717, 1.165) is 22.3 Å². The number of anilines is 2. The maximum absolute atomic E-state index is 8.78. The van der Waals surface area contributed by atoms with Crippen molar-refractivity contribution in [2.75, 3.05) is 5.32 Å². The minimum atomic E-state index is 0.548. The van der Waals surface area contributed by atoms with Gasteiger partial charge in [-0.25, -0.2) is 4.98 Å². The van der Waals surface area contributed by atoms with Crippen LogP contribution in [0.25, 0.3) is 10.9 Å². The first kappa shape index (κ1) is 12.1. The minimum absolute atomic E-state index is 0.548. The Balaban J connectivity index is 2.03. The summed E-state index contributed by atoms with van der Waals surface area (Å²) in [5.74, 6) is 0.708. The highest BCUT2D eigenvalue weighted by molar-refractivity contribution is 5.92. The average Bonchev–Trinajstić information content (AvgIpc) is 2.48. The molecule has 4 heteroatoms. The molecule has 96 valence electrons. The van der Waals surface area contributed by atoms with E-state index in [1.54, 1.807) is 18.3 Å². The number of nitriles is 1. The summed E-state index contributed by atoms with van der Waals surface area (Å²) in [4.78, 5) is 8.73. The summed E-state index contributed by atoms with van der Waals surface area (Å²) in [7, 11) is 0. The molecule has 0 unspecified atom stereocenters. The van der Waals surface area contributed by atoms with E-state index < -0.39 is 0 Å². The van der Waals surface area contributed by atoms with E-state index >= 15 is 0 Å². The molecule has 0 saturated carbocycles. The first-order valence-electron chi connectivity index (χ1n) is 6.26. The first-order chi connectivity index (χ1) is 9.76. The molecule has 20 heavy (non-hydrogen) atoms. The Morgan fingerprint density at radius 2 is 2.00 bits per heavy atom. The normalized spacial score (nSPS) is 10.2. The molecule has 0 amide bonds. The van der Waals surface area contributed by atoms with E-state index in [-0.39, 0.29) is 0 Å². The fourth-order valence-corrected chi connectivity index (χ4v) is 2.08. The van der Waals surface area contributed by atoms with Crippen molar-refractivity contribution in [2.45, 2.75) is 6.92 Å². The van der Waals surface area contributed by atoms with Crippen molar-refractivity contribution in [3.63, 3.8) is 0 Å². The molecule has 0 fully saturated rings. The lowest BCUT2D eigenvalue weighted by atomic mass is 10.1. The summed E-state index contributed by atoms with van der Waals surface area (Å²) in [6.45, 7) is 1.96. The second-order valence-electron chi connectivity index (χ2n) is 4.50. The van der Waals surface area contributed by atoms with Crippen molar-refractivity contribution in [1.82, 2.24) is 9.97 Å². The van der Waals surface area contributed by atoms with Crippen LogP contribution in [-0.4, -0.2) is 9.97 Å². The van der Waals surface area contributed by atoms with Crippen molar-refractivity contribution >= 4 is 22.4 Å². The SMILES string of the molecule is Cc1cc(Nc2ccc(C#N)cn2)c2ccccc2n1. The van der Waals surface area contributed by atoms with Gasteiger partial charge in [-0.15, -0.1) is 0 Å². The Hall–Kier alpha value is -2.93. The summed E-state index contributed by atoms with van der Waals surface area (Å²) in [6.07, 6.45) is 1.55. The molecule has 0 radical (unpaired) electrons. The third-order valence-corrected chi connectivity index (χ3v) is 3.00. The maximum atomic E-state index is 8.78. The van der Waals surface area contributed by atoms with Crippen molar-refractivity contribution in [2.24, 2.45) is 0 Å². The molecule has 0 aliphatic heterocycles. The zero-order valence-corrected chi connectivity index (χ0v) is 11.0. The predicted molar refractivity (Wildman–Crippen MR) is 78.7 cm³/mol. The molecule has 0 saturated heterocycles. The number of benzene rings is 1. The smallest absolute Gasteiger partial charge is 0.130 e. The molecule has 0 bridgehead atoms. The zero-order chi connectivity index (χ0) is 13.9. The number of rotatable bonds is 2. The topological polar surface area (TPSA) is 61.6 Å². The Kier molecular flexibility index (Phi) is 3.02. The second kappa shape index (κ2) is 4.98. The van der Waals surface area contributed by atoms with Crippen LogP contribution < -0.4 is 5.32 Å². The van der Waals surface area contributed by atoms with Gasteiger partial charge in [0.15, 0.2) is 0 Å². The fraction of sp³-hybridized carbons (Fsp3) is 0.0625. The first-order valence-corrected chi connectivity index (χ1v) is 6.26. The molecule has 1 aromatic carbocycles. The number of nitrogens with one attached hydrogen (secondary N) is 1. The van der Waals surface area contributed by atoms with Crippen molar-refractivity contribution in [1.29, 1.82) is 5.26 Å². The highest BCUT2D eigenvalue weighted by atomic mass is 15.0. The number of fused-ring (bicyclic) bond motifs is 1. The monoisotopic (exact) mass is 260 g/mol. The van der Waals surface area contributed by atoms with Crippen LogP contribution in [0.15, 0.2) is 48.7 Å². The minimum Gasteiger partial charge on any atom is -0.340 e. The number of nitrogens with zero attached hydrogens (tertiary/aromatic N) is 3. The van der Waals surface area contributed by atoms with E-state index in [2.05, 4.69) is 21.4 Å². The molecular formula is C16H12N4. The number of para-hydroxylation sites is 1. The number of aryl methyl sites for hydroxylation is 1. The van der Waals surface area contributed by atoms with E-state index in [1.165, 1.54) is 0 Å². The lowest BCUT2D eigenvalue weighted by Crippen LogP contribution is -1.96. The van der Waals surface area contributed by atoms with E-state index in [1.807, 2.05) is 37.3 Å². The van der Waals surface area contributed by atoms with Gasteiger partial charge in [0.25, 0.3) is 0 Å². The van der Waals surface area contributed by atoms with E-state index in [0.29, 0.717) is 11.4 Å². The highest BCUT2D eigenvalue weighted by Crippen LogP contribution is 2.25. The summed E-state index contributed by atoms with van der Waals surface area (Å²) >= 11 is 0. The van der Waals surface area contributed by atoms with Crippen LogP contribution in [0.3, 0.4) is 0 Å². The van der Waals surface area contributed by atoms with Crippen LogP contribution in [0.2, 0.25) is 0 Å². The van der Waals surface area contributed by atoms with Gasteiger partial charge in [0.2, 0.25) is 0 Å². The van der Waals surface area contributed by atoms with Gasteiger partial charge < -0.3 is 5.32 Å². The van der Waals surface area contributed by atoms with Gasteiger partial charge >= 0.3 is 0 Å². The molecule has 4 nitrogen and oxygen atoms in total. The van der Waals surface area contributed by atoms with Gasteiger partial charge in [-0.1, -0.05) is 18.2 Å². The van der Waals surface area contributed by atoms with Crippen molar-refractivity contribution in [3.05, 3.63) is 59.9 Å². The molecule has 3 rings (SSSR count). The number of aromatic nitrogens is 2. The Morgan fingerprint density at radius 1 is 1.15 bits per heavy atom. The number of pyridine rings is 2. The van der Waals surface area contributed by atoms with Gasteiger partial charge in [0, 0.05) is 17.3 Å². The lowest BCUT2D eigenvalue weighted by Gasteiger charge is -2.10. The standard InChI is InChI=1S/C16H12N4/c1-11-8-15(13-4-2-3-5-14(13)19-11)20-16-7-6-12(9-17)10-18-16/h2-8,10H,1H3,(H,18,19,20). The van der Waals surface area contributed by atoms with Gasteiger partial charge in [-0.3, -0.25) is 4.98 Å². The molecular weight excluding hydrogens is 248 g/mol. The van der Waals surface area contributed by atoms with Crippen molar-refractivity contribution in [3.8, 4) is 6.07 Å². The summed E-state index contributed by atoms with van der Waals surface area (Å²) in [6, 6.07) is 15.5. The summed E-state index contributed by atoms with van der Waals surface area (Å²) in [5, 5.41) is 13.1. The summed E-state index contributed by atoms with van der Waals surface area (Å²) in [5.41, 5.74) is 3.40. The van der Waals surface area contributed by atoms with Crippen LogP contribution in [0.5, 0.6) is 0 Å². The quantitative estimate of drug-likeness (QED) is 0.765. The largest absolute Gasteiger partial charge is 0.340 e. The second-order valence-corrected chi connectivity index (χ2v) is 4.50. The van der Waals surface area contributed by atoms with Crippen molar-refractivity contribution < 1.29 is 0 Å². The van der Waals surface area contributed by atoms with E-state index in [9.17, 15) is 0 Å². The average molecular weight is 260 g/mol. The summed E-state index contributed by atoms with van der Waals surface area (Å²) < 4.78 is 0.